The summed E-state index contributed by atoms with van der Waals surface area (Å²) < 4.78 is 40.2. The topological polar surface area (TPSA) is 26.3 Å². The van der Waals surface area contributed by atoms with Crippen LogP contribution in [0.5, 0.6) is 5.75 Å². The molecule has 0 amide bonds. The lowest BCUT2D eigenvalue weighted by molar-refractivity contribution is -0.173. The van der Waals surface area contributed by atoms with E-state index in [0.717, 1.165) is 0 Å². The van der Waals surface area contributed by atoms with E-state index >= 15 is 0 Å². The number of rotatable bonds is 3. The van der Waals surface area contributed by atoms with Crippen LogP contribution in [0.25, 0.3) is 0 Å². The average molecular weight is 228 g/mol. The monoisotopic (exact) mass is 228 g/mol. The molecule has 0 heterocycles. The molecule has 0 aliphatic rings. The van der Waals surface area contributed by atoms with Crippen molar-refractivity contribution in [1.29, 1.82) is 0 Å². The Bertz CT molecular complexity index is 430. The van der Waals surface area contributed by atoms with Crippen LogP contribution in [0.3, 0.4) is 0 Å². The lowest BCUT2D eigenvalue weighted by Gasteiger charge is -2.07. The summed E-state index contributed by atoms with van der Waals surface area (Å²) in [6.07, 6.45) is 0.220. The van der Waals surface area contributed by atoms with Crippen LogP contribution in [-0.4, -0.2) is 18.6 Å². The molecule has 0 spiro atoms. The standard InChI is InChI=1S/C11H7F3O2/c1-2-8-4-3-5-9(6-8)16-7-10(15)11(12,13)14/h1,3-6H,7H2. The zero-order valence-corrected chi connectivity index (χ0v) is 8.04. The molecule has 1 aromatic carbocycles. The third kappa shape index (κ3) is 3.31. The first kappa shape index (κ1) is 12.1. The van der Waals surface area contributed by atoms with E-state index in [9.17, 15) is 18.0 Å². The molecule has 5 heteroatoms. The van der Waals surface area contributed by atoms with Gasteiger partial charge in [0.2, 0.25) is 0 Å². The molecule has 0 atom stereocenters. The van der Waals surface area contributed by atoms with Crippen LogP contribution in [0.1, 0.15) is 5.56 Å². The highest BCUT2D eigenvalue weighted by molar-refractivity contribution is 5.85. The second-order valence-electron chi connectivity index (χ2n) is 2.88. The Morgan fingerprint density at radius 3 is 2.69 bits per heavy atom. The summed E-state index contributed by atoms with van der Waals surface area (Å²) in [6.45, 7) is -1.04. The zero-order chi connectivity index (χ0) is 12.2. The van der Waals surface area contributed by atoms with Gasteiger partial charge in [0.1, 0.15) is 5.75 Å². The smallest absolute Gasteiger partial charge is 0.453 e. The van der Waals surface area contributed by atoms with E-state index < -0.39 is 18.6 Å². The van der Waals surface area contributed by atoms with Gasteiger partial charge in [-0.1, -0.05) is 12.0 Å². The number of hydrogen-bond acceptors (Lipinski definition) is 2. The highest BCUT2D eigenvalue weighted by atomic mass is 19.4. The molecule has 2 nitrogen and oxygen atoms in total. The van der Waals surface area contributed by atoms with Crippen LogP contribution in [0.15, 0.2) is 24.3 Å². The van der Waals surface area contributed by atoms with Crippen molar-refractivity contribution < 1.29 is 22.7 Å². The van der Waals surface area contributed by atoms with Crippen LogP contribution in [0, 0.1) is 12.3 Å². The summed E-state index contributed by atoms with van der Waals surface area (Å²) in [5.74, 6) is 0.499. The fourth-order valence-corrected chi connectivity index (χ4v) is 0.906. The van der Waals surface area contributed by atoms with Gasteiger partial charge in [-0.05, 0) is 18.2 Å². The minimum absolute atomic E-state index is 0.132. The van der Waals surface area contributed by atoms with E-state index in [-0.39, 0.29) is 5.75 Å². The quantitative estimate of drug-likeness (QED) is 0.741. The summed E-state index contributed by atoms with van der Waals surface area (Å²) in [7, 11) is 0. The lowest BCUT2D eigenvalue weighted by atomic mass is 10.2. The van der Waals surface area contributed by atoms with Crippen LogP contribution >= 0.6 is 0 Å². The Morgan fingerprint density at radius 2 is 2.12 bits per heavy atom. The average Bonchev–Trinajstić information content (AvgIpc) is 2.25. The van der Waals surface area contributed by atoms with Crippen LogP contribution in [-0.2, 0) is 4.79 Å². The molecule has 0 aliphatic carbocycles. The molecule has 0 saturated carbocycles. The van der Waals surface area contributed by atoms with Gasteiger partial charge in [0.15, 0.2) is 6.61 Å². The van der Waals surface area contributed by atoms with Gasteiger partial charge in [-0.25, -0.2) is 0 Å². The molecule has 0 aromatic heterocycles. The Morgan fingerprint density at radius 1 is 1.44 bits per heavy atom. The zero-order valence-electron chi connectivity index (χ0n) is 8.04. The molecule has 0 unspecified atom stereocenters. The summed E-state index contributed by atoms with van der Waals surface area (Å²) >= 11 is 0. The second kappa shape index (κ2) is 4.71. The summed E-state index contributed by atoms with van der Waals surface area (Å²) in [5, 5.41) is 0. The first-order valence-electron chi connectivity index (χ1n) is 4.23. The molecule has 0 radical (unpaired) electrons. The van der Waals surface area contributed by atoms with Gasteiger partial charge in [-0.15, -0.1) is 6.42 Å². The summed E-state index contributed by atoms with van der Waals surface area (Å²) in [5.41, 5.74) is 0.469. The van der Waals surface area contributed by atoms with Crippen molar-refractivity contribution in [3.63, 3.8) is 0 Å². The van der Waals surface area contributed by atoms with Crippen molar-refractivity contribution in [1.82, 2.24) is 0 Å². The maximum atomic E-state index is 11.8. The van der Waals surface area contributed by atoms with E-state index in [0.29, 0.717) is 5.56 Å². The highest BCUT2D eigenvalue weighted by Crippen LogP contribution is 2.18. The molecule has 1 rings (SSSR count). The molecule has 0 bridgehead atoms. The Balaban J connectivity index is 2.62. The summed E-state index contributed by atoms with van der Waals surface area (Å²) in [6, 6.07) is 5.93. The molecule has 0 aliphatic heterocycles. The normalized spacial score (nSPS) is 10.6. The number of ether oxygens (including phenoxy) is 1. The van der Waals surface area contributed by atoms with E-state index in [4.69, 9.17) is 6.42 Å². The van der Waals surface area contributed by atoms with Crippen molar-refractivity contribution in [3.05, 3.63) is 29.8 Å². The first-order valence-corrected chi connectivity index (χ1v) is 4.23. The fraction of sp³-hybridized carbons (Fsp3) is 0.182. The van der Waals surface area contributed by atoms with Crippen molar-refractivity contribution in [2.24, 2.45) is 0 Å². The Hall–Kier alpha value is -1.96. The number of terminal acetylenes is 1. The minimum Gasteiger partial charge on any atom is -0.485 e. The third-order valence-corrected chi connectivity index (χ3v) is 1.69. The van der Waals surface area contributed by atoms with Gasteiger partial charge < -0.3 is 4.74 Å². The van der Waals surface area contributed by atoms with E-state index in [1.165, 1.54) is 18.2 Å². The van der Waals surface area contributed by atoms with Gasteiger partial charge in [0.05, 0.1) is 0 Å². The number of halogens is 3. The van der Waals surface area contributed by atoms with Gasteiger partial charge in [0.25, 0.3) is 5.78 Å². The molecule has 0 N–H and O–H groups in total. The highest BCUT2D eigenvalue weighted by Gasteiger charge is 2.38. The number of alkyl halides is 3. The molecule has 0 fully saturated rings. The SMILES string of the molecule is C#Cc1cccc(OCC(=O)C(F)(F)F)c1. The van der Waals surface area contributed by atoms with Crippen LogP contribution in [0.2, 0.25) is 0 Å². The summed E-state index contributed by atoms with van der Waals surface area (Å²) in [4.78, 5) is 10.5. The van der Waals surface area contributed by atoms with Crippen LogP contribution in [0.4, 0.5) is 13.2 Å². The van der Waals surface area contributed by atoms with Gasteiger partial charge in [-0.2, -0.15) is 13.2 Å². The van der Waals surface area contributed by atoms with Crippen molar-refractivity contribution >= 4 is 5.78 Å². The van der Waals surface area contributed by atoms with Crippen LogP contribution < -0.4 is 4.74 Å². The molecule has 1 aromatic rings. The van der Waals surface area contributed by atoms with Crippen molar-refractivity contribution in [2.75, 3.05) is 6.61 Å². The lowest BCUT2D eigenvalue weighted by Crippen LogP contribution is -2.28. The number of hydrogen-bond donors (Lipinski definition) is 0. The molecular formula is C11H7F3O2. The predicted molar refractivity (Wildman–Crippen MR) is 50.9 cm³/mol. The Kier molecular flexibility index (Phi) is 3.56. The van der Waals surface area contributed by atoms with Gasteiger partial charge in [0, 0.05) is 5.56 Å². The Labute approximate surface area is 90.0 Å². The molecule has 84 valence electrons. The van der Waals surface area contributed by atoms with E-state index in [1.54, 1.807) is 6.07 Å². The van der Waals surface area contributed by atoms with Crippen molar-refractivity contribution in [2.45, 2.75) is 6.18 Å². The molecule has 16 heavy (non-hydrogen) atoms. The van der Waals surface area contributed by atoms with Crippen molar-refractivity contribution in [3.8, 4) is 18.1 Å². The largest absolute Gasteiger partial charge is 0.485 e. The molecular weight excluding hydrogens is 221 g/mol. The maximum absolute atomic E-state index is 11.8. The number of carbonyl (C=O) groups excluding carboxylic acids is 1. The number of ketones is 1. The number of Topliss-reactive ketones (excluding diaryl/α,β-unsaturated/α-hetero) is 1. The second-order valence-corrected chi connectivity index (χ2v) is 2.88. The van der Waals surface area contributed by atoms with Gasteiger partial charge >= 0.3 is 6.18 Å². The van der Waals surface area contributed by atoms with E-state index in [2.05, 4.69) is 10.7 Å². The fourth-order valence-electron chi connectivity index (χ4n) is 0.906. The maximum Gasteiger partial charge on any atom is 0.453 e. The first-order chi connectivity index (χ1) is 7.43. The molecule has 0 saturated heterocycles. The minimum atomic E-state index is -4.87. The number of carbonyl (C=O) groups is 1. The predicted octanol–water partition coefficient (Wildman–Crippen LogP) is 2.18. The number of benzene rings is 1. The third-order valence-electron chi connectivity index (χ3n) is 1.69. The van der Waals surface area contributed by atoms with Gasteiger partial charge in [-0.3, -0.25) is 4.79 Å². The van der Waals surface area contributed by atoms with E-state index in [1.807, 2.05) is 0 Å².